The van der Waals surface area contributed by atoms with E-state index in [1.54, 1.807) is 0 Å². The van der Waals surface area contributed by atoms with Gasteiger partial charge in [0.2, 0.25) is 0 Å². The molecule has 146 valence electrons. The maximum atomic E-state index is 12.2. The lowest BCUT2D eigenvalue weighted by Crippen LogP contribution is -2.57. The number of rotatable bonds is 6. The third-order valence-corrected chi connectivity index (χ3v) is 7.50. The number of carbonyl (C=O) groups excluding carboxylic acids is 1. The van der Waals surface area contributed by atoms with Crippen molar-refractivity contribution in [3.8, 4) is 5.75 Å². The molecule has 1 aromatic carbocycles. The van der Waals surface area contributed by atoms with E-state index in [1.165, 1.54) is 49.8 Å². The SMILES string of the molecule is C=CCN1CCC23CCCC2(CCc2c(OC(=O)CCCC)cccc23)C1. The van der Waals surface area contributed by atoms with Crippen LogP contribution in [0.15, 0.2) is 30.9 Å². The van der Waals surface area contributed by atoms with Crippen LogP contribution in [0.4, 0.5) is 0 Å². The van der Waals surface area contributed by atoms with Crippen LogP contribution in [-0.4, -0.2) is 30.5 Å². The Morgan fingerprint density at radius 2 is 2.19 bits per heavy atom. The van der Waals surface area contributed by atoms with E-state index in [0.717, 1.165) is 38.1 Å². The molecule has 1 heterocycles. The maximum Gasteiger partial charge on any atom is 0.311 e. The zero-order valence-electron chi connectivity index (χ0n) is 16.8. The molecule has 2 unspecified atom stereocenters. The van der Waals surface area contributed by atoms with Crippen LogP contribution >= 0.6 is 0 Å². The fourth-order valence-electron chi connectivity index (χ4n) is 6.27. The van der Waals surface area contributed by atoms with Crippen LogP contribution in [0.3, 0.4) is 0 Å². The molecular formula is C24H33NO2. The number of esters is 1. The number of unbranched alkanes of at least 4 members (excludes halogenated alkanes) is 1. The first-order valence-electron chi connectivity index (χ1n) is 10.8. The summed E-state index contributed by atoms with van der Waals surface area (Å²) in [5.41, 5.74) is 3.48. The second kappa shape index (κ2) is 7.43. The average molecular weight is 368 g/mol. The molecule has 0 radical (unpaired) electrons. The highest BCUT2D eigenvalue weighted by atomic mass is 16.5. The number of fused-ring (bicyclic) bond motifs is 1. The number of benzene rings is 1. The number of hydrogen-bond acceptors (Lipinski definition) is 3. The monoisotopic (exact) mass is 367 g/mol. The second-order valence-corrected chi connectivity index (χ2v) is 8.85. The van der Waals surface area contributed by atoms with E-state index in [-0.39, 0.29) is 11.4 Å². The Morgan fingerprint density at radius 1 is 1.30 bits per heavy atom. The Kier molecular flexibility index (Phi) is 5.15. The van der Waals surface area contributed by atoms with Crippen molar-refractivity contribution in [2.24, 2.45) is 5.41 Å². The Hall–Kier alpha value is -1.61. The first kappa shape index (κ1) is 18.7. The highest BCUT2D eigenvalue weighted by Gasteiger charge is 2.59. The van der Waals surface area contributed by atoms with Gasteiger partial charge >= 0.3 is 5.97 Å². The third kappa shape index (κ3) is 3.04. The quantitative estimate of drug-likeness (QED) is 0.401. The van der Waals surface area contributed by atoms with Gasteiger partial charge < -0.3 is 4.74 Å². The molecule has 3 heteroatoms. The van der Waals surface area contributed by atoms with E-state index in [4.69, 9.17) is 4.74 Å². The number of piperidine rings is 1. The van der Waals surface area contributed by atoms with E-state index in [0.29, 0.717) is 11.8 Å². The third-order valence-electron chi connectivity index (χ3n) is 7.50. The van der Waals surface area contributed by atoms with Crippen molar-refractivity contribution in [3.05, 3.63) is 42.0 Å². The Balaban J connectivity index is 1.66. The molecule has 0 amide bonds. The molecule has 2 fully saturated rings. The summed E-state index contributed by atoms with van der Waals surface area (Å²) in [5, 5.41) is 0. The highest BCUT2D eigenvalue weighted by Crippen LogP contribution is 2.64. The molecule has 1 saturated carbocycles. The Labute approximate surface area is 163 Å². The van der Waals surface area contributed by atoms with Gasteiger partial charge in [-0.1, -0.05) is 38.0 Å². The van der Waals surface area contributed by atoms with Gasteiger partial charge in [0.15, 0.2) is 0 Å². The molecule has 1 saturated heterocycles. The van der Waals surface area contributed by atoms with Crippen molar-refractivity contribution in [1.29, 1.82) is 0 Å². The van der Waals surface area contributed by atoms with E-state index in [9.17, 15) is 4.79 Å². The number of likely N-dealkylation sites (tertiary alicyclic amines) is 1. The van der Waals surface area contributed by atoms with Crippen molar-refractivity contribution < 1.29 is 9.53 Å². The first-order chi connectivity index (χ1) is 13.1. The maximum absolute atomic E-state index is 12.2. The summed E-state index contributed by atoms with van der Waals surface area (Å²) in [6.07, 6.45) is 11.9. The zero-order chi connectivity index (χ0) is 18.9. The summed E-state index contributed by atoms with van der Waals surface area (Å²) in [4.78, 5) is 14.8. The van der Waals surface area contributed by atoms with Gasteiger partial charge in [0.05, 0.1) is 0 Å². The molecule has 2 aliphatic carbocycles. The van der Waals surface area contributed by atoms with Gasteiger partial charge in [-0.2, -0.15) is 0 Å². The molecule has 3 nitrogen and oxygen atoms in total. The lowest BCUT2D eigenvalue weighted by molar-refractivity contribution is -0.134. The van der Waals surface area contributed by atoms with E-state index < -0.39 is 0 Å². The predicted octanol–water partition coefficient (Wildman–Crippen LogP) is 5.03. The van der Waals surface area contributed by atoms with Gasteiger partial charge in [0.1, 0.15) is 5.75 Å². The van der Waals surface area contributed by atoms with Gasteiger partial charge in [0, 0.05) is 24.9 Å². The average Bonchev–Trinajstić information content (AvgIpc) is 3.07. The minimum Gasteiger partial charge on any atom is -0.426 e. The standard InChI is InChI=1S/C24H33NO2/c1-3-5-10-22(26)27-21-9-6-8-20-19(21)11-14-23-12-7-13-24(20,23)15-17-25(18-23)16-4-2/h4,6,8-9H,2-3,5,7,10-18H2,1H3. The predicted molar refractivity (Wildman–Crippen MR) is 109 cm³/mol. The molecule has 1 aliphatic heterocycles. The van der Waals surface area contributed by atoms with Gasteiger partial charge in [-0.25, -0.2) is 0 Å². The molecule has 0 N–H and O–H groups in total. The van der Waals surface area contributed by atoms with Crippen molar-refractivity contribution in [1.82, 2.24) is 4.90 Å². The number of carbonyl (C=O) groups is 1. The normalized spacial score (nSPS) is 29.5. The molecule has 2 atom stereocenters. The summed E-state index contributed by atoms with van der Waals surface area (Å²) in [6.45, 7) is 9.39. The minimum absolute atomic E-state index is 0.0770. The van der Waals surface area contributed by atoms with Gasteiger partial charge in [-0.05, 0) is 67.7 Å². The minimum atomic E-state index is -0.0770. The van der Waals surface area contributed by atoms with E-state index in [2.05, 4.69) is 30.5 Å². The topological polar surface area (TPSA) is 29.5 Å². The Morgan fingerprint density at radius 3 is 3.00 bits per heavy atom. The molecule has 0 bridgehead atoms. The van der Waals surface area contributed by atoms with E-state index in [1.807, 2.05) is 12.1 Å². The lowest BCUT2D eigenvalue weighted by Gasteiger charge is -2.56. The molecule has 3 aliphatic rings. The molecule has 1 aromatic rings. The fourth-order valence-corrected chi connectivity index (χ4v) is 6.27. The first-order valence-corrected chi connectivity index (χ1v) is 10.8. The van der Waals surface area contributed by atoms with Crippen molar-refractivity contribution in [3.63, 3.8) is 0 Å². The second-order valence-electron chi connectivity index (χ2n) is 8.85. The van der Waals surface area contributed by atoms with E-state index >= 15 is 0 Å². The zero-order valence-corrected chi connectivity index (χ0v) is 16.8. The molecule has 27 heavy (non-hydrogen) atoms. The summed E-state index contributed by atoms with van der Waals surface area (Å²) in [6, 6.07) is 6.45. The Bertz CT molecular complexity index is 727. The smallest absolute Gasteiger partial charge is 0.311 e. The van der Waals surface area contributed by atoms with Crippen LogP contribution in [0.25, 0.3) is 0 Å². The lowest BCUT2D eigenvalue weighted by atomic mass is 9.52. The van der Waals surface area contributed by atoms with Gasteiger partial charge in [0.25, 0.3) is 0 Å². The summed E-state index contributed by atoms with van der Waals surface area (Å²) in [7, 11) is 0. The van der Waals surface area contributed by atoms with Crippen LogP contribution < -0.4 is 4.74 Å². The molecular weight excluding hydrogens is 334 g/mol. The van der Waals surface area contributed by atoms with Gasteiger partial charge in [-0.15, -0.1) is 6.58 Å². The molecule has 0 spiro atoms. The summed E-state index contributed by atoms with van der Waals surface area (Å²) < 4.78 is 5.83. The van der Waals surface area contributed by atoms with Crippen LogP contribution in [-0.2, 0) is 16.6 Å². The largest absolute Gasteiger partial charge is 0.426 e. The fraction of sp³-hybridized carbons (Fsp3) is 0.625. The van der Waals surface area contributed by atoms with Crippen LogP contribution in [0.1, 0.15) is 69.4 Å². The number of nitrogens with zero attached hydrogens (tertiary/aromatic N) is 1. The number of ether oxygens (including phenoxy) is 1. The van der Waals surface area contributed by atoms with Crippen molar-refractivity contribution in [2.75, 3.05) is 19.6 Å². The number of hydrogen-bond donors (Lipinski definition) is 0. The summed E-state index contributed by atoms with van der Waals surface area (Å²) in [5.74, 6) is 0.754. The molecule has 0 aromatic heterocycles. The van der Waals surface area contributed by atoms with Crippen LogP contribution in [0.5, 0.6) is 5.75 Å². The molecule has 4 rings (SSSR count). The van der Waals surface area contributed by atoms with Crippen LogP contribution in [0.2, 0.25) is 0 Å². The van der Waals surface area contributed by atoms with Crippen LogP contribution in [0, 0.1) is 5.41 Å². The summed E-state index contributed by atoms with van der Waals surface area (Å²) >= 11 is 0. The van der Waals surface area contributed by atoms with Crippen molar-refractivity contribution in [2.45, 2.75) is 70.1 Å². The highest BCUT2D eigenvalue weighted by molar-refractivity contribution is 5.73. The van der Waals surface area contributed by atoms with Crippen molar-refractivity contribution >= 4 is 5.97 Å². The van der Waals surface area contributed by atoms with Gasteiger partial charge in [-0.3, -0.25) is 9.69 Å².